The van der Waals surface area contributed by atoms with Crippen molar-refractivity contribution in [3.63, 3.8) is 0 Å². The summed E-state index contributed by atoms with van der Waals surface area (Å²) in [6, 6.07) is 4.21. The Morgan fingerprint density at radius 2 is 2.17 bits per heavy atom. The number of hydrogen-bond acceptors (Lipinski definition) is 2. The van der Waals surface area contributed by atoms with Crippen LogP contribution in [0, 0.1) is 0 Å². The van der Waals surface area contributed by atoms with E-state index >= 15 is 0 Å². The van der Waals surface area contributed by atoms with Gasteiger partial charge in [0.1, 0.15) is 0 Å². The fourth-order valence-corrected chi connectivity index (χ4v) is 1.34. The highest BCUT2D eigenvalue weighted by molar-refractivity contribution is 5.41. The van der Waals surface area contributed by atoms with E-state index in [9.17, 15) is 0 Å². The summed E-state index contributed by atoms with van der Waals surface area (Å²) in [5.41, 5.74) is 2.72. The SMILES string of the molecule is CNc1ccc(C2(C)CC2)nc1. The van der Waals surface area contributed by atoms with Gasteiger partial charge < -0.3 is 5.32 Å². The highest BCUT2D eigenvalue weighted by Gasteiger charge is 2.40. The van der Waals surface area contributed by atoms with Crippen molar-refractivity contribution in [1.29, 1.82) is 0 Å². The van der Waals surface area contributed by atoms with Crippen molar-refractivity contribution in [1.82, 2.24) is 4.98 Å². The highest BCUT2D eigenvalue weighted by Crippen LogP contribution is 2.46. The lowest BCUT2D eigenvalue weighted by atomic mass is 10.1. The minimum Gasteiger partial charge on any atom is -0.387 e. The van der Waals surface area contributed by atoms with Gasteiger partial charge in [-0.1, -0.05) is 6.92 Å². The Kier molecular flexibility index (Phi) is 1.56. The number of aromatic nitrogens is 1. The first-order valence-corrected chi connectivity index (χ1v) is 4.39. The molecule has 0 spiro atoms. The topological polar surface area (TPSA) is 24.9 Å². The molecule has 1 N–H and O–H groups in total. The molecule has 0 amide bonds. The molecule has 0 saturated heterocycles. The predicted octanol–water partition coefficient (Wildman–Crippen LogP) is 2.17. The van der Waals surface area contributed by atoms with Gasteiger partial charge >= 0.3 is 0 Å². The molecule has 0 radical (unpaired) electrons. The molecule has 2 heteroatoms. The maximum Gasteiger partial charge on any atom is 0.0524 e. The molecule has 0 bridgehead atoms. The van der Waals surface area contributed by atoms with E-state index in [4.69, 9.17) is 0 Å². The molecule has 0 aromatic carbocycles. The third kappa shape index (κ3) is 1.17. The normalized spacial score (nSPS) is 18.8. The van der Waals surface area contributed by atoms with Crippen LogP contribution in [0.15, 0.2) is 18.3 Å². The lowest BCUT2D eigenvalue weighted by molar-refractivity contribution is 0.750. The highest BCUT2D eigenvalue weighted by atomic mass is 14.9. The van der Waals surface area contributed by atoms with Crippen LogP contribution in [0.2, 0.25) is 0 Å². The molecule has 12 heavy (non-hydrogen) atoms. The molecule has 1 aromatic heterocycles. The van der Waals surface area contributed by atoms with Gasteiger partial charge in [-0.3, -0.25) is 4.98 Å². The zero-order valence-electron chi connectivity index (χ0n) is 7.59. The van der Waals surface area contributed by atoms with Crippen LogP contribution >= 0.6 is 0 Å². The van der Waals surface area contributed by atoms with E-state index in [1.807, 2.05) is 13.2 Å². The third-order valence-electron chi connectivity index (χ3n) is 2.67. The second-order valence-corrected chi connectivity index (χ2v) is 3.74. The molecule has 0 unspecified atom stereocenters. The van der Waals surface area contributed by atoms with E-state index in [0.29, 0.717) is 5.41 Å². The van der Waals surface area contributed by atoms with Gasteiger partial charge in [-0.15, -0.1) is 0 Å². The summed E-state index contributed by atoms with van der Waals surface area (Å²) in [6.45, 7) is 2.27. The Labute approximate surface area is 73.0 Å². The summed E-state index contributed by atoms with van der Waals surface area (Å²) >= 11 is 0. The van der Waals surface area contributed by atoms with Gasteiger partial charge in [-0.05, 0) is 25.0 Å². The quantitative estimate of drug-likeness (QED) is 0.721. The van der Waals surface area contributed by atoms with Crippen molar-refractivity contribution in [3.8, 4) is 0 Å². The van der Waals surface area contributed by atoms with Crippen molar-refractivity contribution in [3.05, 3.63) is 24.0 Å². The number of anilines is 1. The first-order valence-electron chi connectivity index (χ1n) is 4.39. The number of nitrogens with one attached hydrogen (secondary N) is 1. The van der Waals surface area contributed by atoms with Crippen molar-refractivity contribution in [2.75, 3.05) is 12.4 Å². The molecule has 1 aliphatic rings. The molecule has 2 nitrogen and oxygen atoms in total. The van der Waals surface area contributed by atoms with E-state index in [2.05, 4.69) is 29.4 Å². The Morgan fingerprint density at radius 3 is 2.58 bits per heavy atom. The Bertz CT molecular complexity index is 272. The van der Waals surface area contributed by atoms with Crippen LogP contribution in [0.25, 0.3) is 0 Å². The average molecular weight is 162 g/mol. The van der Waals surface area contributed by atoms with Crippen LogP contribution in [0.5, 0.6) is 0 Å². The summed E-state index contributed by atoms with van der Waals surface area (Å²) in [6.07, 6.45) is 4.48. The molecular weight excluding hydrogens is 148 g/mol. The van der Waals surface area contributed by atoms with Crippen LogP contribution in [-0.4, -0.2) is 12.0 Å². The maximum absolute atomic E-state index is 4.42. The standard InChI is InChI=1S/C10H14N2/c1-10(5-6-10)9-4-3-8(11-2)7-12-9/h3-4,7,11H,5-6H2,1-2H3. The molecule has 1 fully saturated rings. The minimum absolute atomic E-state index is 0.395. The van der Waals surface area contributed by atoms with Crippen LogP contribution in [0.1, 0.15) is 25.5 Å². The lowest BCUT2D eigenvalue weighted by Gasteiger charge is -2.07. The van der Waals surface area contributed by atoms with Crippen molar-refractivity contribution < 1.29 is 0 Å². The molecule has 0 atom stereocenters. The van der Waals surface area contributed by atoms with Crippen molar-refractivity contribution in [2.45, 2.75) is 25.2 Å². The molecule has 2 rings (SSSR count). The van der Waals surface area contributed by atoms with Gasteiger partial charge in [-0.2, -0.15) is 0 Å². The molecule has 1 aliphatic carbocycles. The number of hydrogen-bond donors (Lipinski definition) is 1. The van der Waals surface area contributed by atoms with E-state index in [1.165, 1.54) is 18.5 Å². The van der Waals surface area contributed by atoms with Crippen LogP contribution < -0.4 is 5.32 Å². The fraction of sp³-hybridized carbons (Fsp3) is 0.500. The van der Waals surface area contributed by atoms with Crippen LogP contribution in [0.3, 0.4) is 0 Å². The summed E-state index contributed by atoms with van der Waals surface area (Å²) in [7, 11) is 1.91. The number of pyridine rings is 1. The second-order valence-electron chi connectivity index (χ2n) is 3.74. The first kappa shape index (κ1) is 7.59. The van der Waals surface area contributed by atoms with Gasteiger partial charge in [0, 0.05) is 18.2 Å². The van der Waals surface area contributed by atoms with Gasteiger partial charge in [0.2, 0.25) is 0 Å². The summed E-state index contributed by atoms with van der Waals surface area (Å²) < 4.78 is 0. The van der Waals surface area contributed by atoms with Crippen LogP contribution in [0.4, 0.5) is 5.69 Å². The van der Waals surface area contributed by atoms with E-state index in [0.717, 1.165) is 5.69 Å². The average Bonchev–Trinajstić information content (AvgIpc) is 2.85. The molecule has 1 aromatic rings. The molecular formula is C10H14N2. The molecule has 64 valence electrons. The van der Waals surface area contributed by atoms with Gasteiger partial charge in [0.15, 0.2) is 0 Å². The molecule has 1 saturated carbocycles. The summed E-state index contributed by atoms with van der Waals surface area (Å²) in [5.74, 6) is 0. The summed E-state index contributed by atoms with van der Waals surface area (Å²) in [4.78, 5) is 4.42. The number of rotatable bonds is 2. The van der Waals surface area contributed by atoms with E-state index in [-0.39, 0.29) is 0 Å². The second kappa shape index (κ2) is 2.47. The summed E-state index contributed by atoms with van der Waals surface area (Å²) in [5, 5.41) is 3.06. The van der Waals surface area contributed by atoms with Crippen molar-refractivity contribution >= 4 is 5.69 Å². The largest absolute Gasteiger partial charge is 0.387 e. The van der Waals surface area contributed by atoms with Gasteiger partial charge in [0.25, 0.3) is 0 Å². The molecule has 0 aliphatic heterocycles. The third-order valence-corrected chi connectivity index (χ3v) is 2.67. The fourth-order valence-electron chi connectivity index (χ4n) is 1.34. The smallest absolute Gasteiger partial charge is 0.0524 e. The zero-order valence-corrected chi connectivity index (χ0v) is 7.59. The van der Waals surface area contributed by atoms with Gasteiger partial charge in [-0.25, -0.2) is 0 Å². The number of nitrogens with zero attached hydrogens (tertiary/aromatic N) is 1. The minimum atomic E-state index is 0.395. The maximum atomic E-state index is 4.42. The Morgan fingerprint density at radius 1 is 1.42 bits per heavy atom. The first-order chi connectivity index (χ1) is 5.74. The monoisotopic (exact) mass is 162 g/mol. The Hall–Kier alpha value is -1.05. The zero-order chi connectivity index (χ0) is 8.60. The van der Waals surface area contributed by atoms with Gasteiger partial charge in [0.05, 0.1) is 11.9 Å². The van der Waals surface area contributed by atoms with E-state index < -0.39 is 0 Å². The predicted molar refractivity (Wildman–Crippen MR) is 50.4 cm³/mol. The Balaban J connectivity index is 2.25. The molecule has 1 heterocycles. The van der Waals surface area contributed by atoms with E-state index in [1.54, 1.807) is 0 Å². The van der Waals surface area contributed by atoms with Crippen LogP contribution in [-0.2, 0) is 5.41 Å². The lowest BCUT2D eigenvalue weighted by Crippen LogP contribution is -2.02. The van der Waals surface area contributed by atoms with Crippen molar-refractivity contribution in [2.24, 2.45) is 0 Å².